The maximum absolute atomic E-state index is 12.6. The molecular formula is C26H26N4O2. The Labute approximate surface area is 186 Å². The Morgan fingerprint density at radius 2 is 1.78 bits per heavy atom. The second-order valence-electron chi connectivity index (χ2n) is 8.02. The number of nitrogens with zero attached hydrogens (tertiary/aromatic N) is 2. The van der Waals surface area contributed by atoms with Gasteiger partial charge in [-0.1, -0.05) is 42.5 Å². The molecule has 162 valence electrons. The average Bonchev–Trinajstić information content (AvgIpc) is 2.85. The first-order valence-electron chi connectivity index (χ1n) is 11.0. The maximum Gasteiger partial charge on any atom is 0.259 e. The Kier molecular flexibility index (Phi) is 5.96. The molecule has 6 nitrogen and oxygen atoms in total. The van der Waals surface area contributed by atoms with Crippen LogP contribution in [0, 0.1) is 0 Å². The van der Waals surface area contributed by atoms with E-state index in [0.717, 1.165) is 61.6 Å². The van der Waals surface area contributed by atoms with Crippen LogP contribution in [0.15, 0.2) is 77.7 Å². The Morgan fingerprint density at radius 1 is 1.00 bits per heavy atom. The van der Waals surface area contributed by atoms with Gasteiger partial charge in [0, 0.05) is 37.1 Å². The number of nitrogens with one attached hydrogen (secondary N) is 2. The van der Waals surface area contributed by atoms with Crippen LogP contribution in [0.25, 0.3) is 22.0 Å². The summed E-state index contributed by atoms with van der Waals surface area (Å²) < 4.78 is 5.42. The lowest BCUT2D eigenvalue weighted by Gasteiger charge is -2.26. The van der Waals surface area contributed by atoms with Gasteiger partial charge >= 0.3 is 0 Å². The molecule has 1 fully saturated rings. The summed E-state index contributed by atoms with van der Waals surface area (Å²) in [6.45, 7) is 4.70. The normalized spacial score (nSPS) is 14.5. The summed E-state index contributed by atoms with van der Waals surface area (Å²) in [5.74, 6) is 0.560. The summed E-state index contributed by atoms with van der Waals surface area (Å²) >= 11 is 0. The molecule has 0 spiro atoms. The molecule has 2 aromatic carbocycles. The maximum atomic E-state index is 12.6. The number of ether oxygens (including phenoxy) is 1. The van der Waals surface area contributed by atoms with Gasteiger partial charge in [-0.3, -0.25) is 9.69 Å². The number of hydrogen-bond donors (Lipinski definition) is 2. The SMILES string of the molecule is O=c1[nH]ccc2cc(-c3ccccc3)nc(Nc3ccc(CCN4CCOCC4)cc3)c12. The zero-order valence-electron chi connectivity index (χ0n) is 17.9. The summed E-state index contributed by atoms with van der Waals surface area (Å²) in [6, 6.07) is 22.2. The fraction of sp³-hybridized carbons (Fsp3) is 0.231. The first-order valence-corrected chi connectivity index (χ1v) is 11.0. The molecule has 32 heavy (non-hydrogen) atoms. The van der Waals surface area contributed by atoms with E-state index in [4.69, 9.17) is 9.72 Å². The fourth-order valence-corrected chi connectivity index (χ4v) is 4.06. The first kappa shape index (κ1) is 20.4. The van der Waals surface area contributed by atoms with Gasteiger partial charge in [-0.15, -0.1) is 0 Å². The van der Waals surface area contributed by atoms with E-state index in [2.05, 4.69) is 39.5 Å². The number of aromatic amines is 1. The van der Waals surface area contributed by atoms with Crippen LogP contribution >= 0.6 is 0 Å². The van der Waals surface area contributed by atoms with Crippen molar-refractivity contribution < 1.29 is 4.74 Å². The molecule has 0 bridgehead atoms. The highest BCUT2D eigenvalue weighted by molar-refractivity contribution is 5.95. The number of benzene rings is 2. The quantitative estimate of drug-likeness (QED) is 0.483. The van der Waals surface area contributed by atoms with Gasteiger partial charge in [-0.05, 0) is 41.6 Å². The smallest absolute Gasteiger partial charge is 0.259 e. The van der Waals surface area contributed by atoms with Crippen LogP contribution in [0.5, 0.6) is 0 Å². The van der Waals surface area contributed by atoms with Crippen molar-refractivity contribution in [3.05, 3.63) is 88.8 Å². The number of pyridine rings is 2. The molecule has 6 heteroatoms. The minimum atomic E-state index is -0.153. The van der Waals surface area contributed by atoms with Crippen LogP contribution < -0.4 is 10.9 Å². The van der Waals surface area contributed by atoms with Crippen molar-refractivity contribution in [3.8, 4) is 11.3 Å². The van der Waals surface area contributed by atoms with E-state index in [9.17, 15) is 4.79 Å². The lowest BCUT2D eigenvalue weighted by atomic mass is 10.1. The second kappa shape index (κ2) is 9.34. The second-order valence-corrected chi connectivity index (χ2v) is 8.02. The number of anilines is 2. The fourth-order valence-electron chi connectivity index (χ4n) is 4.06. The molecule has 3 heterocycles. The van der Waals surface area contributed by atoms with Crippen LogP contribution in [0.1, 0.15) is 5.56 Å². The number of rotatable bonds is 6. The molecule has 0 atom stereocenters. The molecule has 0 unspecified atom stereocenters. The largest absolute Gasteiger partial charge is 0.379 e. The van der Waals surface area contributed by atoms with Crippen LogP contribution in [-0.2, 0) is 11.2 Å². The molecule has 2 aromatic heterocycles. The standard InChI is InChI=1S/C26H26N4O2/c31-26-24-21(10-12-27-26)18-23(20-4-2-1-3-5-20)29-25(24)28-22-8-6-19(7-9-22)11-13-30-14-16-32-17-15-30/h1-10,12,18H,11,13-17H2,(H,27,31)(H,28,29). The number of fused-ring (bicyclic) bond motifs is 1. The molecule has 2 N–H and O–H groups in total. The monoisotopic (exact) mass is 426 g/mol. The molecule has 0 radical (unpaired) electrons. The third-order valence-corrected chi connectivity index (χ3v) is 5.86. The highest BCUT2D eigenvalue weighted by atomic mass is 16.5. The van der Waals surface area contributed by atoms with Crippen molar-refractivity contribution in [2.45, 2.75) is 6.42 Å². The van der Waals surface area contributed by atoms with E-state index in [0.29, 0.717) is 11.2 Å². The molecule has 1 aliphatic rings. The minimum Gasteiger partial charge on any atom is -0.379 e. The molecule has 1 aliphatic heterocycles. The summed E-state index contributed by atoms with van der Waals surface area (Å²) in [4.78, 5) is 22.6. The number of hydrogen-bond acceptors (Lipinski definition) is 5. The molecule has 1 saturated heterocycles. The Morgan fingerprint density at radius 3 is 2.56 bits per heavy atom. The third kappa shape index (κ3) is 4.56. The third-order valence-electron chi connectivity index (χ3n) is 5.86. The molecule has 0 saturated carbocycles. The van der Waals surface area contributed by atoms with E-state index in [1.54, 1.807) is 6.20 Å². The molecular weight excluding hydrogens is 400 g/mol. The van der Waals surface area contributed by atoms with Crippen LogP contribution in [0.4, 0.5) is 11.5 Å². The zero-order chi connectivity index (χ0) is 21.8. The average molecular weight is 427 g/mol. The summed E-state index contributed by atoms with van der Waals surface area (Å²) in [6.07, 6.45) is 2.68. The predicted octanol–water partition coefficient (Wildman–Crippen LogP) is 4.21. The van der Waals surface area contributed by atoms with E-state index in [1.165, 1.54) is 5.56 Å². The van der Waals surface area contributed by atoms with Gasteiger partial charge in [0.1, 0.15) is 5.82 Å². The van der Waals surface area contributed by atoms with Crippen LogP contribution in [0.2, 0.25) is 0 Å². The van der Waals surface area contributed by atoms with Gasteiger partial charge in [0.15, 0.2) is 0 Å². The van der Waals surface area contributed by atoms with E-state index in [-0.39, 0.29) is 5.56 Å². The van der Waals surface area contributed by atoms with Crippen molar-refractivity contribution in [1.82, 2.24) is 14.9 Å². The van der Waals surface area contributed by atoms with E-state index < -0.39 is 0 Å². The lowest BCUT2D eigenvalue weighted by molar-refractivity contribution is 0.0384. The van der Waals surface area contributed by atoms with Crippen LogP contribution in [-0.4, -0.2) is 47.7 Å². The minimum absolute atomic E-state index is 0.153. The number of H-pyrrole nitrogens is 1. The summed E-state index contributed by atoms with van der Waals surface area (Å²) in [5.41, 5.74) is 3.88. The number of morpholine rings is 1. The Hall–Kier alpha value is -3.48. The predicted molar refractivity (Wildman–Crippen MR) is 128 cm³/mol. The highest BCUT2D eigenvalue weighted by Gasteiger charge is 2.12. The first-order chi connectivity index (χ1) is 15.8. The van der Waals surface area contributed by atoms with Gasteiger partial charge in [-0.2, -0.15) is 0 Å². The van der Waals surface area contributed by atoms with Crippen molar-refractivity contribution in [3.63, 3.8) is 0 Å². The zero-order valence-corrected chi connectivity index (χ0v) is 17.9. The van der Waals surface area contributed by atoms with Gasteiger partial charge in [0.05, 0.1) is 24.3 Å². The van der Waals surface area contributed by atoms with Crippen LogP contribution in [0.3, 0.4) is 0 Å². The molecule has 0 aliphatic carbocycles. The van der Waals surface area contributed by atoms with E-state index >= 15 is 0 Å². The summed E-state index contributed by atoms with van der Waals surface area (Å²) in [7, 11) is 0. The molecule has 4 aromatic rings. The van der Waals surface area contributed by atoms with Gasteiger partial charge < -0.3 is 15.0 Å². The lowest BCUT2D eigenvalue weighted by Crippen LogP contribution is -2.37. The molecule has 5 rings (SSSR count). The van der Waals surface area contributed by atoms with Gasteiger partial charge in [-0.25, -0.2) is 4.98 Å². The topological polar surface area (TPSA) is 70.2 Å². The Balaban J connectivity index is 1.40. The molecule has 0 amide bonds. The van der Waals surface area contributed by atoms with Crippen molar-refractivity contribution >= 4 is 22.3 Å². The van der Waals surface area contributed by atoms with Crippen molar-refractivity contribution in [2.24, 2.45) is 0 Å². The van der Waals surface area contributed by atoms with Crippen molar-refractivity contribution in [2.75, 3.05) is 38.2 Å². The highest BCUT2D eigenvalue weighted by Crippen LogP contribution is 2.27. The van der Waals surface area contributed by atoms with Crippen molar-refractivity contribution in [1.29, 1.82) is 0 Å². The summed E-state index contributed by atoms with van der Waals surface area (Å²) in [5, 5.41) is 4.79. The van der Waals surface area contributed by atoms with Gasteiger partial charge in [0.25, 0.3) is 5.56 Å². The van der Waals surface area contributed by atoms with Gasteiger partial charge in [0.2, 0.25) is 0 Å². The van der Waals surface area contributed by atoms with E-state index in [1.807, 2.05) is 42.5 Å². The Bertz CT molecular complexity index is 1250. The number of aromatic nitrogens is 2.